The smallest absolute Gasteiger partial charge is 0.282 e. The van der Waals surface area contributed by atoms with Gasteiger partial charge < -0.3 is 4.74 Å². The van der Waals surface area contributed by atoms with Crippen molar-refractivity contribution in [3.63, 3.8) is 0 Å². The van der Waals surface area contributed by atoms with Crippen LogP contribution in [-0.2, 0) is 5.92 Å². The van der Waals surface area contributed by atoms with E-state index in [0.29, 0.717) is 5.75 Å². The van der Waals surface area contributed by atoms with Crippen LogP contribution in [0.4, 0.5) is 8.78 Å². The molecule has 0 fully saturated rings. The second-order valence-electron chi connectivity index (χ2n) is 4.23. The number of benzene rings is 1. The van der Waals surface area contributed by atoms with Gasteiger partial charge in [-0.25, -0.2) is 8.78 Å². The Morgan fingerprint density at radius 1 is 1.27 bits per heavy atom. The van der Waals surface area contributed by atoms with Crippen LogP contribution in [-0.4, -0.2) is 6.10 Å². The van der Waals surface area contributed by atoms with Crippen LogP contribution >= 0.6 is 0 Å². The number of aryl methyl sites for hydroxylation is 1. The molecule has 0 saturated heterocycles. The van der Waals surface area contributed by atoms with Crippen molar-refractivity contribution in [1.29, 1.82) is 0 Å². The van der Waals surface area contributed by atoms with E-state index in [1.54, 1.807) is 19.1 Å². The number of halogens is 2. The van der Waals surface area contributed by atoms with Crippen LogP contribution in [0.2, 0.25) is 0 Å². The first-order valence-corrected chi connectivity index (χ1v) is 5.08. The maximum absolute atomic E-state index is 13.9. The van der Waals surface area contributed by atoms with Crippen molar-refractivity contribution in [3.05, 3.63) is 29.3 Å². The van der Waals surface area contributed by atoms with Gasteiger partial charge in [-0.05, 0) is 31.5 Å². The summed E-state index contributed by atoms with van der Waals surface area (Å²) < 4.78 is 33.3. The van der Waals surface area contributed by atoms with Crippen molar-refractivity contribution in [2.45, 2.75) is 32.8 Å². The summed E-state index contributed by atoms with van der Waals surface area (Å²) in [5.74, 6) is -3.25. The highest BCUT2D eigenvalue weighted by Crippen LogP contribution is 2.47. The molecular weight excluding hydrogens is 198 g/mol. The van der Waals surface area contributed by atoms with E-state index in [1.165, 1.54) is 13.0 Å². The topological polar surface area (TPSA) is 9.23 Å². The van der Waals surface area contributed by atoms with Gasteiger partial charge in [-0.3, -0.25) is 0 Å². The Morgan fingerprint density at radius 3 is 2.60 bits per heavy atom. The molecule has 2 rings (SSSR count). The molecular formula is C12H14F2O. The Labute approximate surface area is 88.1 Å². The minimum absolute atomic E-state index is 0.0127. The minimum atomic E-state index is -2.79. The zero-order valence-electron chi connectivity index (χ0n) is 9.05. The first-order valence-electron chi connectivity index (χ1n) is 5.08. The highest BCUT2D eigenvalue weighted by Gasteiger charge is 2.47. The second-order valence-corrected chi connectivity index (χ2v) is 4.23. The molecule has 2 unspecified atom stereocenters. The molecule has 1 aromatic rings. The summed E-state index contributed by atoms with van der Waals surface area (Å²) >= 11 is 0. The molecule has 1 heterocycles. The lowest BCUT2D eigenvalue weighted by molar-refractivity contribution is -0.111. The summed E-state index contributed by atoms with van der Waals surface area (Å²) in [6.45, 7) is 5.07. The quantitative estimate of drug-likeness (QED) is 0.639. The molecule has 1 aliphatic rings. The van der Waals surface area contributed by atoms with E-state index in [2.05, 4.69) is 0 Å². The number of rotatable bonds is 0. The predicted molar refractivity (Wildman–Crippen MR) is 54.3 cm³/mol. The van der Waals surface area contributed by atoms with Gasteiger partial charge in [-0.15, -0.1) is 0 Å². The third kappa shape index (κ3) is 1.50. The third-order valence-corrected chi connectivity index (χ3v) is 3.09. The molecule has 0 N–H and O–H groups in total. The maximum Gasteiger partial charge on any atom is 0.282 e. The first kappa shape index (κ1) is 10.4. The number of hydrogen-bond donors (Lipinski definition) is 0. The van der Waals surface area contributed by atoms with Gasteiger partial charge >= 0.3 is 0 Å². The zero-order valence-corrected chi connectivity index (χ0v) is 9.05. The van der Waals surface area contributed by atoms with Crippen LogP contribution in [0.15, 0.2) is 18.2 Å². The summed E-state index contributed by atoms with van der Waals surface area (Å²) in [4.78, 5) is 0. The van der Waals surface area contributed by atoms with Crippen LogP contribution in [0.3, 0.4) is 0 Å². The van der Waals surface area contributed by atoms with Gasteiger partial charge in [-0.1, -0.05) is 13.0 Å². The van der Waals surface area contributed by atoms with E-state index < -0.39 is 17.9 Å². The fourth-order valence-corrected chi connectivity index (χ4v) is 1.84. The van der Waals surface area contributed by atoms with Gasteiger partial charge in [0, 0.05) is 0 Å². The van der Waals surface area contributed by atoms with Gasteiger partial charge in [0.25, 0.3) is 5.92 Å². The number of hydrogen-bond acceptors (Lipinski definition) is 1. The molecule has 0 radical (unpaired) electrons. The Bertz CT molecular complexity index is 387. The van der Waals surface area contributed by atoms with Crippen LogP contribution < -0.4 is 4.74 Å². The van der Waals surface area contributed by atoms with E-state index in [1.807, 2.05) is 6.92 Å². The van der Waals surface area contributed by atoms with E-state index in [9.17, 15) is 8.78 Å². The van der Waals surface area contributed by atoms with E-state index >= 15 is 0 Å². The molecule has 0 saturated carbocycles. The fourth-order valence-electron chi connectivity index (χ4n) is 1.84. The van der Waals surface area contributed by atoms with E-state index in [-0.39, 0.29) is 5.56 Å². The monoisotopic (exact) mass is 212 g/mol. The molecule has 0 bridgehead atoms. The zero-order chi connectivity index (χ0) is 11.2. The van der Waals surface area contributed by atoms with Gasteiger partial charge in [0.05, 0.1) is 11.5 Å². The third-order valence-electron chi connectivity index (χ3n) is 3.09. The molecule has 0 amide bonds. The number of ether oxygens (including phenoxy) is 1. The number of alkyl halides is 2. The van der Waals surface area contributed by atoms with Crippen molar-refractivity contribution < 1.29 is 13.5 Å². The van der Waals surface area contributed by atoms with Crippen LogP contribution in [0.25, 0.3) is 0 Å². The summed E-state index contributed by atoms with van der Waals surface area (Å²) in [6.07, 6.45) is -0.450. The van der Waals surface area contributed by atoms with Crippen molar-refractivity contribution in [2.24, 2.45) is 5.92 Å². The minimum Gasteiger partial charge on any atom is -0.490 e. The number of fused-ring (bicyclic) bond motifs is 1. The Hall–Kier alpha value is -1.12. The van der Waals surface area contributed by atoms with Crippen LogP contribution in [0.1, 0.15) is 25.0 Å². The first-order chi connectivity index (χ1) is 6.93. The van der Waals surface area contributed by atoms with Crippen molar-refractivity contribution in [2.75, 3.05) is 0 Å². The Balaban J connectivity index is 2.56. The van der Waals surface area contributed by atoms with Crippen molar-refractivity contribution in [3.8, 4) is 5.75 Å². The van der Waals surface area contributed by atoms with Gasteiger partial charge in [0.2, 0.25) is 0 Å². The van der Waals surface area contributed by atoms with E-state index in [4.69, 9.17) is 4.74 Å². The Morgan fingerprint density at radius 2 is 1.93 bits per heavy atom. The fraction of sp³-hybridized carbons (Fsp3) is 0.500. The molecule has 15 heavy (non-hydrogen) atoms. The summed E-state index contributed by atoms with van der Waals surface area (Å²) in [5, 5.41) is 0. The molecule has 0 aromatic heterocycles. The average Bonchev–Trinajstić information content (AvgIpc) is 2.14. The maximum atomic E-state index is 13.9. The van der Waals surface area contributed by atoms with Crippen molar-refractivity contribution in [1.82, 2.24) is 0 Å². The molecule has 1 nitrogen and oxygen atoms in total. The van der Waals surface area contributed by atoms with Gasteiger partial charge in [0.1, 0.15) is 11.9 Å². The van der Waals surface area contributed by atoms with Crippen molar-refractivity contribution >= 4 is 0 Å². The van der Waals surface area contributed by atoms with Crippen LogP contribution in [0.5, 0.6) is 5.75 Å². The molecule has 2 atom stereocenters. The normalized spacial score (nSPS) is 28.1. The Kier molecular flexibility index (Phi) is 2.21. The van der Waals surface area contributed by atoms with Gasteiger partial charge in [0.15, 0.2) is 0 Å². The lowest BCUT2D eigenvalue weighted by Crippen LogP contribution is -2.39. The molecule has 3 heteroatoms. The van der Waals surface area contributed by atoms with E-state index in [0.717, 1.165) is 5.56 Å². The molecule has 82 valence electrons. The summed E-state index contributed by atoms with van der Waals surface area (Å²) in [6, 6.07) is 4.83. The molecule has 1 aliphatic heterocycles. The average molecular weight is 212 g/mol. The summed E-state index contributed by atoms with van der Waals surface area (Å²) in [5.41, 5.74) is 0.949. The molecule has 0 spiro atoms. The molecule has 0 aliphatic carbocycles. The lowest BCUT2D eigenvalue weighted by Gasteiger charge is -2.36. The van der Waals surface area contributed by atoms with Gasteiger partial charge in [-0.2, -0.15) is 0 Å². The largest absolute Gasteiger partial charge is 0.490 e. The SMILES string of the molecule is Cc1ccc2c(c1)OC(C)C(C)C2(F)F. The standard InChI is InChI=1S/C12H14F2O/c1-7-4-5-10-11(6-7)15-9(3)8(2)12(10,13)14/h4-6,8-9H,1-3H3. The lowest BCUT2D eigenvalue weighted by atomic mass is 9.88. The van der Waals surface area contributed by atoms with Crippen LogP contribution in [0, 0.1) is 12.8 Å². The molecule has 1 aromatic carbocycles. The highest BCUT2D eigenvalue weighted by atomic mass is 19.3. The summed E-state index contributed by atoms with van der Waals surface area (Å²) in [7, 11) is 0. The second kappa shape index (κ2) is 3.19. The predicted octanol–water partition coefficient (Wildman–Crippen LogP) is 3.50. The highest BCUT2D eigenvalue weighted by molar-refractivity contribution is 5.42.